The molecule has 0 aliphatic carbocycles. The molecule has 2 amide bonds. The lowest BCUT2D eigenvalue weighted by Crippen LogP contribution is -2.44. The highest BCUT2D eigenvalue weighted by atomic mass is 19.4. The van der Waals surface area contributed by atoms with E-state index in [0.717, 1.165) is 9.80 Å². The maximum atomic E-state index is 13.2. The average Bonchev–Trinajstić information content (AvgIpc) is 3.18. The summed E-state index contributed by atoms with van der Waals surface area (Å²) >= 11 is 0. The minimum absolute atomic E-state index is 0.0271. The molecule has 0 spiro atoms. The maximum Gasteiger partial charge on any atom is 0.407 e. The lowest BCUT2D eigenvalue weighted by atomic mass is 10.1. The van der Waals surface area contributed by atoms with Gasteiger partial charge >= 0.3 is 12.3 Å². The Morgan fingerprint density at radius 3 is 2.40 bits per heavy atom. The molecule has 0 saturated carbocycles. The first kappa shape index (κ1) is 21.5. The van der Waals surface area contributed by atoms with Gasteiger partial charge in [-0.3, -0.25) is 4.79 Å². The summed E-state index contributed by atoms with van der Waals surface area (Å²) in [6.45, 7) is -0.418. The van der Waals surface area contributed by atoms with Crippen LogP contribution in [0.5, 0.6) is 11.5 Å². The summed E-state index contributed by atoms with van der Waals surface area (Å²) in [5, 5.41) is 9.16. The van der Waals surface area contributed by atoms with Crippen LogP contribution in [0.25, 0.3) is 0 Å². The quantitative estimate of drug-likeness (QED) is 0.737. The van der Waals surface area contributed by atoms with Gasteiger partial charge in [-0.05, 0) is 30.7 Å². The Hall–Kier alpha value is -3.23. The van der Waals surface area contributed by atoms with E-state index in [0.29, 0.717) is 5.75 Å². The van der Waals surface area contributed by atoms with Gasteiger partial charge in [0.1, 0.15) is 11.5 Å². The Labute approximate surface area is 171 Å². The number of para-hydroxylation sites is 2. The van der Waals surface area contributed by atoms with E-state index < -0.39 is 37.2 Å². The highest BCUT2D eigenvalue weighted by Crippen LogP contribution is 2.29. The first-order valence-corrected chi connectivity index (χ1v) is 9.42. The summed E-state index contributed by atoms with van der Waals surface area (Å²) in [5.41, 5.74) is 0.123. The van der Waals surface area contributed by atoms with Gasteiger partial charge in [-0.15, -0.1) is 0 Å². The number of ether oxygens (including phenoxy) is 1. The van der Waals surface area contributed by atoms with Crippen molar-refractivity contribution < 1.29 is 32.6 Å². The molecule has 1 saturated heterocycles. The predicted octanol–water partition coefficient (Wildman–Crippen LogP) is 4.63. The molecular formula is C21H21F3N2O4. The average molecular weight is 422 g/mol. The van der Waals surface area contributed by atoms with Crippen molar-refractivity contribution in [2.75, 3.05) is 19.6 Å². The molecule has 1 aliphatic rings. The number of carboxylic acid groups (broad SMARTS) is 1. The molecule has 3 rings (SSSR count). The Morgan fingerprint density at radius 1 is 1.10 bits per heavy atom. The van der Waals surface area contributed by atoms with Crippen molar-refractivity contribution in [1.29, 1.82) is 0 Å². The molecular weight excluding hydrogens is 401 g/mol. The first-order chi connectivity index (χ1) is 14.2. The van der Waals surface area contributed by atoms with Gasteiger partial charge < -0.3 is 19.6 Å². The van der Waals surface area contributed by atoms with Crippen LogP contribution in [0.1, 0.15) is 23.2 Å². The number of carbonyl (C=O) groups excluding carboxylic acids is 1. The summed E-state index contributed by atoms with van der Waals surface area (Å²) in [6, 6.07) is 14.4. The van der Waals surface area contributed by atoms with Crippen molar-refractivity contribution in [2.45, 2.75) is 25.1 Å². The van der Waals surface area contributed by atoms with Crippen LogP contribution in [0.3, 0.4) is 0 Å². The second kappa shape index (κ2) is 9.06. The molecule has 6 nitrogen and oxygen atoms in total. The van der Waals surface area contributed by atoms with E-state index in [1.54, 1.807) is 48.5 Å². The predicted molar refractivity (Wildman–Crippen MR) is 103 cm³/mol. The monoisotopic (exact) mass is 422 g/mol. The summed E-state index contributed by atoms with van der Waals surface area (Å²) in [6.07, 6.45) is -6.50. The zero-order valence-electron chi connectivity index (χ0n) is 16.0. The van der Waals surface area contributed by atoms with Gasteiger partial charge in [0.05, 0.1) is 18.0 Å². The normalized spacial score (nSPS) is 16.4. The molecule has 1 aliphatic heterocycles. The van der Waals surface area contributed by atoms with E-state index in [1.165, 1.54) is 6.07 Å². The number of carbonyl (C=O) groups is 2. The minimum atomic E-state index is -4.44. The fourth-order valence-corrected chi connectivity index (χ4v) is 3.37. The molecule has 160 valence electrons. The topological polar surface area (TPSA) is 70.1 Å². The summed E-state index contributed by atoms with van der Waals surface area (Å²) in [7, 11) is 0. The summed E-state index contributed by atoms with van der Waals surface area (Å²) in [4.78, 5) is 26.7. The van der Waals surface area contributed by atoms with Crippen LogP contribution < -0.4 is 4.74 Å². The molecule has 30 heavy (non-hydrogen) atoms. The molecule has 0 aromatic heterocycles. The van der Waals surface area contributed by atoms with E-state index in [9.17, 15) is 22.8 Å². The molecule has 1 heterocycles. The van der Waals surface area contributed by atoms with Crippen molar-refractivity contribution in [2.24, 2.45) is 0 Å². The van der Waals surface area contributed by atoms with Crippen molar-refractivity contribution in [3.8, 4) is 11.5 Å². The SMILES string of the molecule is O=C(O)N1CC[C@H](N(CCC(F)(F)F)C(=O)c2ccccc2Oc2ccccc2)C1. The third-order valence-corrected chi connectivity index (χ3v) is 4.86. The van der Waals surface area contributed by atoms with Gasteiger partial charge in [-0.2, -0.15) is 13.2 Å². The molecule has 0 radical (unpaired) electrons. The van der Waals surface area contributed by atoms with E-state index in [4.69, 9.17) is 9.84 Å². The van der Waals surface area contributed by atoms with E-state index in [-0.39, 0.29) is 30.8 Å². The number of hydrogen-bond donors (Lipinski definition) is 1. The van der Waals surface area contributed by atoms with Gasteiger partial charge in [0.2, 0.25) is 0 Å². The molecule has 1 fully saturated rings. The molecule has 1 N–H and O–H groups in total. The Morgan fingerprint density at radius 2 is 1.77 bits per heavy atom. The van der Waals surface area contributed by atoms with Crippen molar-refractivity contribution in [1.82, 2.24) is 9.80 Å². The number of benzene rings is 2. The van der Waals surface area contributed by atoms with Gasteiger partial charge in [0, 0.05) is 19.6 Å². The van der Waals surface area contributed by atoms with Gasteiger partial charge in [-0.1, -0.05) is 30.3 Å². The second-order valence-electron chi connectivity index (χ2n) is 6.95. The molecule has 0 bridgehead atoms. The Balaban J connectivity index is 1.86. The lowest BCUT2D eigenvalue weighted by Gasteiger charge is -2.30. The largest absolute Gasteiger partial charge is 0.465 e. The van der Waals surface area contributed by atoms with Crippen LogP contribution in [-0.2, 0) is 0 Å². The molecule has 0 unspecified atom stereocenters. The maximum absolute atomic E-state index is 13.2. The number of nitrogens with zero attached hydrogens (tertiary/aromatic N) is 2. The van der Waals surface area contributed by atoms with Gasteiger partial charge in [0.15, 0.2) is 0 Å². The van der Waals surface area contributed by atoms with Crippen molar-refractivity contribution in [3.63, 3.8) is 0 Å². The van der Waals surface area contributed by atoms with Crippen molar-refractivity contribution >= 4 is 12.0 Å². The van der Waals surface area contributed by atoms with Crippen molar-refractivity contribution in [3.05, 3.63) is 60.2 Å². The number of alkyl halides is 3. The van der Waals surface area contributed by atoms with Gasteiger partial charge in [-0.25, -0.2) is 4.79 Å². The Kier molecular flexibility index (Phi) is 6.49. The van der Waals surface area contributed by atoms with Crippen LogP contribution >= 0.6 is 0 Å². The van der Waals surface area contributed by atoms with Crippen LogP contribution in [0.2, 0.25) is 0 Å². The van der Waals surface area contributed by atoms with Gasteiger partial charge in [0.25, 0.3) is 5.91 Å². The number of amides is 2. The smallest absolute Gasteiger partial charge is 0.407 e. The number of likely N-dealkylation sites (tertiary alicyclic amines) is 1. The second-order valence-corrected chi connectivity index (χ2v) is 6.95. The zero-order valence-corrected chi connectivity index (χ0v) is 16.0. The van der Waals surface area contributed by atoms with Crippen LogP contribution in [0, 0.1) is 0 Å². The minimum Gasteiger partial charge on any atom is -0.465 e. The number of rotatable bonds is 6. The molecule has 2 aromatic carbocycles. The third kappa shape index (κ3) is 5.43. The third-order valence-electron chi connectivity index (χ3n) is 4.86. The molecule has 2 aromatic rings. The first-order valence-electron chi connectivity index (χ1n) is 9.42. The highest BCUT2D eigenvalue weighted by molar-refractivity contribution is 5.97. The van der Waals surface area contributed by atoms with Crippen LogP contribution in [-0.4, -0.2) is 58.8 Å². The van der Waals surface area contributed by atoms with E-state index in [2.05, 4.69) is 0 Å². The highest BCUT2D eigenvalue weighted by Gasteiger charge is 2.37. The number of hydrogen-bond acceptors (Lipinski definition) is 3. The zero-order chi connectivity index (χ0) is 21.7. The fraction of sp³-hybridized carbons (Fsp3) is 0.333. The van der Waals surface area contributed by atoms with Crippen LogP contribution in [0.15, 0.2) is 54.6 Å². The standard InChI is InChI=1S/C21H21F3N2O4/c22-21(23,24)11-13-26(15-10-12-25(14-15)20(28)29)19(27)17-8-4-5-9-18(17)30-16-6-2-1-3-7-16/h1-9,15H,10-14H2,(H,28,29)/t15-/m0/s1. The van der Waals surface area contributed by atoms with E-state index in [1.807, 2.05) is 0 Å². The lowest BCUT2D eigenvalue weighted by molar-refractivity contribution is -0.137. The Bertz CT molecular complexity index is 889. The summed E-state index contributed by atoms with van der Waals surface area (Å²) in [5.74, 6) is 0.0827. The number of halogens is 3. The summed E-state index contributed by atoms with van der Waals surface area (Å²) < 4.78 is 44.4. The fourth-order valence-electron chi connectivity index (χ4n) is 3.37. The molecule has 9 heteroatoms. The van der Waals surface area contributed by atoms with Crippen LogP contribution in [0.4, 0.5) is 18.0 Å². The molecule has 1 atom stereocenters. The van der Waals surface area contributed by atoms with E-state index >= 15 is 0 Å².